The molecule has 0 N–H and O–H groups in total. The van der Waals surface area contributed by atoms with Gasteiger partial charge in [-0.15, -0.1) is 0 Å². The lowest BCUT2D eigenvalue weighted by atomic mass is 10.2. The Bertz CT molecular complexity index is 202. The Hall–Kier alpha value is -1.02. The van der Waals surface area contributed by atoms with E-state index in [2.05, 4.69) is 6.58 Å². The first-order valence-corrected chi connectivity index (χ1v) is 4.36. The fourth-order valence-electron chi connectivity index (χ4n) is 0.781. The van der Waals surface area contributed by atoms with Gasteiger partial charge in [0, 0.05) is 6.61 Å². The highest BCUT2D eigenvalue weighted by molar-refractivity contribution is 5.23. The van der Waals surface area contributed by atoms with Crippen molar-refractivity contribution in [3.05, 3.63) is 36.1 Å². The fourth-order valence-corrected chi connectivity index (χ4v) is 0.781. The van der Waals surface area contributed by atoms with E-state index < -0.39 is 0 Å². The van der Waals surface area contributed by atoms with E-state index in [4.69, 9.17) is 9.47 Å². The van der Waals surface area contributed by atoms with Gasteiger partial charge >= 0.3 is 0 Å². The van der Waals surface area contributed by atoms with Crippen LogP contribution in [0.4, 0.5) is 0 Å². The first-order chi connectivity index (χ1) is 6.20. The molecule has 0 bridgehead atoms. The van der Waals surface area contributed by atoms with E-state index >= 15 is 0 Å². The molecule has 13 heavy (non-hydrogen) atoms. The van der Waals surface area contributed by atoms with Gasteiger partial charge in [0.15, 0.2) is 0 Å². The first kappa shape index (κ1) is 12.0. The second-order valence-corrected chi connectivity index (χ2v) is 2.62. The van der Waals surface area contributed by atoms with E-state index in [1.165, 1.54) is 0 Å². The molecule has 0 fully saturated rings. The summed E-state index contributed by atoms with van der Waals surface area (Å²) in [7, 11) is 1.61. The number of rotatable bonds is 6. The molecule has 0 aliphatic rings. The maximum absolute atomic E-state index is 5.15. The average Bonchev–Trinajstić information content (AvgIpc) is 2.12. The molecular formula is C11H18O2. The number of hydrogen-bond acceptors (Lipinski definition) is 2. The Labute approximate surface area is 80.5 Å². The summed E-state index contributed by atoms with van der Waals surface area (Å²) in [4.78, 5) is 0. The number of allylic oxidation sites excluding steroid dienone is 3. The van der Waals surface area contributed by atoms with Crippen molar-refractivity contribution < 1.29 is 9.47 Å². The summed E-state index contributed by atoms with van der Waals surface area (Å²) >= 11 is 0. The topological polar surface area (TPSA) is 18.5 Å². The maximum atomic E-state index is 5.15. The van der Waals surface area contributed by atoms with Crippen molar-refractivity contribution in [2.45, 2.75) is 13.8 Å². The molecule has 2 nitrogen and oxygen atoms in total. The van der Waals surface area contributed by atoms with Gasteiger partial charge in [-0.1, -0.05) is 18.7 Å². The summed E-state index contributed by atoms with van der Waals surface area (Å²) in [6, 6.07) is 0. The molecule has 0 unspecified atom stereocenters. The number of ether oxygens (including phenoxy) is 2. The van der Waals surface area contributed by atoms with Gasteiger partial charge in [0.1, 0.15) is 5.76 Å². The van der Waals surface area contributed by atoms with Crippen LogP contribution in [-0.2, 0) is 9.47 Å². The summed E-state index contributed by atoms with van der Waals surface area (Å²) < 4.78 is 10.1. The standard InChI is InChI=1S/C11H18O2/c1-5-13-8-6-7-10(2)9-11(3)12-4/h6-7,9H,3,5,8H2,1-2,4H3/b7-6-,10-9-. The first-order valence-electron chi connectivity index (χ1n) is 4.36. The van der Waals surface area contributed by atoms with Gasteiger partial charge in [-0.25, -0.2) is 0 Å². The lowest BCUT2D eigenvalue weighted by Crippen LogP contribution is -1.88. The summed E-state index contributed by atoms with van der Waals surface area (Å²) in [5, 5.41) is 0. The van der Waals surface area contributed by atoms with Gasteiger partial charge in [0.2, 0.25) is 0 Å². The van der Waals surface area contributed by atoms with Crippen molar-refractivity contribution in [3.63, 3.8) is 0 Å². The van der Waals surface area contributed by atoms with Gasteiger partial charge in [-0.3, -0.25) is 0 Å². The van der Waals surface area contributed by atoms with Crippen molar-refractivity contribution in [1.82, 2.24) is 0 Å². The fraction of sp³-hybridized carbons (Fsp3) is 0.455. The Balaban J connectivity index is 3.84. The second kappa shape index (κ2) is 7.62. The molecule has 0 atom stereocenters. The van der Waals surface area contributed by atoms with Crippen molar-refractivity contribution in [2.75, 3.05) is 20.3 Å². The Morgan fingerprint density at radius 1 is 1.46 bits per heavy atom. The van der Waals surface area contributed by atoms with Gasteiger partial charge in [0.25, 0.3) is 0 Å². The minimum absolute atomic E-state index is 0.654. The van der Waals surface area contributed by atoms with E-state index in [1.807, 2.05) is 32.1 Å². The van der Waals surface area contributed by atoms with E-state index in [-0.39, 0.29) is 0 Å². The molecule has 0 aromatic carbocycles. The summed E-state index contributed by atoms with van der Waals surface area (Å²) in [5.74, 6) is 0.665. The van der Waals surface area contributed by atoms with Crippen LogP contribution in [0.3, 0.4) is 0 Å². The predicted octanol–water partition coefficient (Wildman–Crippen LogP) is 2.69. The van der Waals surface area contributed by atoms with Crippen LogP contribution < -0.4 is 0 Å². The minimum Gasteiger partial charge on any atom is -0.497 e. The van der Waals surface area contributed by atoms with Crippen LogP contribution in [0.25, 0.3) is 0 Å². The van der Waals surface area contributed by atoms with Crippen LogP contribution in [0, 0.1) is 0 Å². The number of hydrogen-bond donors (Lipinski definition) is 0. The lowest BCUT2D eigenvalue weighted by Gasteiger charge is -1.98. The van der Waals surface area contributed by atoms with Gasteiger partial charge in [-0.05, 0) is 25.5 Å². The van der Waals surface area contributed by atoms with Gasteiger partial charge in [0.05, 0.1) is 13.7 Å². The number of methoxy groups -OCH3 is 1. The molecule has 0 spiro atoms. The zero-order chi connectivity index (χ0) is 10.1. The van der Waals surface area contributed by atoms with E-state index in [9.17, 15) is 0 Å². The van der Waals surface area contributed by atoms with Crippen LogP contribution >= 0.6 is 0 Å². The molecule has 0 radical (unpaired) electrons. The molecule has 0 heterocycles. The van der Waals surface area contributed by atoms with E-state index in [0.29, 0.717) is 12.4 Å². The normalized spacial score (nSPS) is 12.1. The molecule has 0 saturated heterocycles. The van der Waals surface area contributed by atoms with Crippen LogP contribution in [-0.4, -0.2) is 20.3 Å². The summed E-state index contributed by atoms with van der Waals surface area (Å²) in [6.45, 7) is 9.06. The molecule has 0 aromatic heterocycles. The lowest BCUT2D eigenvalue weighted by molar-refractivity contribution is 0.177. The SMILES string of the molecule is C=C(/C=C(C)\C=C/COCC)OC. The molecule has 0 saturated carbocycles. The van der Waals surface area contributed by atoms with Gasteiger partial charge < -0.3 is 9.47 Å². The highest BCUT2D eigenvalue weighted by atomic mass is 16.5. The molecule has 2 heteroatoms. The van der Waals surface area contributed by atoms with E-state index in [1.54, 1.807) is 7.11 Å². The van der Waals surface area contributed by atoms with Crippen molar-refractivity contribution in [1.29, 1.82) is 0 Å². The Morgan fingerprint density at radius 3 is 2.69 bits per heavy atom. The van der Waals surface area contributed by atoms with Crippen LogP contribution in [0.1, 0.15) is 13.8 Å². The smallest absolute Gasteiger partial charge is 0.111 e. The van der Waals surface area contributed by atoms with Crippen LogP contribution in [0.2, 0.25) is 0 Å². The summed E-state index contributed by atoms with van der Waals surface area (Å²) in [5.41, 5.74) is 1.10. The summed E-state index contributed by atoms with van der Waals surface area (Å²) in [6.07, 6.45) is 5.83. The minimum atomic E-state index is 0.654. The Morgan fingerprint density at radius 2 is 2.15 bits per heavy atom. The largest absolute Gasteiger partial charge is 0.497 e. The van der Waals surface area contributed by atoms with E-state index in [0.717, 1.165) is 12.2 Å². The molecule has 74 valence electrons. The highest BCUT2D eigenvalue weighted by Crippen LogP contribution is 2.01. The van der Waals surface area contributed by atoms with Crippen molar-refractivity contribution in [3.8, 4) is 0 Å². The predicted molar refractivity (Wildman–Crippen MR) is 55.5 cm³/mol. The zero-order valence-electron chi connectivity index (χ0n) is 8.67. The molecule has 0 aliphatic heterocycles. The molecule has 0 amide bonds. The maximum Gasteiger partial charge on any atom is 0.111 e. The molecule has 0 aromatic rings. The third-order valence-electron chi connectivity index (χ3n) is 1.45. The quantitative estimate of drug-likeness (QED) is 0.357. The monoisotopic (exact) mass is 182 g/mol. The third kappa shape index (κ3) is 7.34. The van der Waals surface area contributed by atoms with Gasteiger partial charge in [-0.2, -0.15) is 0 Å². The Kier molecular flexibility index (Phi) is 7.02. The molecular weight excluding hydrogens is 164 g/mol. The van der Waals surface area contributed by atoms with Crippen molar-refractivity contribution >= 4 is 0 Å². The van der Waals surface area contributed by atoms with Crippen LogP contribution in [0.5, 0.6) is 0 Å². The average molecular weight is 182 g/mol. The zero-order valence-corrected chi connectivity index (χ0v) is 8.67. The third-order valence-corrected chi connectivity index (χ3v) is 1.45. The van der Waals surface area contributed by atoms with Crippen molar-refractivity contribution in [2.24, 2.45) is 0 Å². The molecule has 0 rings (SSSR count). The molecule has 0 aliphatic carbocycles. The highest BCUT2D eigenvalue weighted by Gasteiger charge is 1.85. The second-order valence-electron chi connectivity index (χ2n) is 2.62. The van der Waals surface area contributed by atoms with Crippen LogP contribution in [0.15, 0.2) is 36.1 Å².